The van der Waals surface area contributed by atoms with Crippen LogP contribution in [-0.4, -0.2) is 25.0 Å². The van der Waals surface area contributed by atoms with Crippen LogP contribution in [0.2, 0.25) is 0 Å². The van der Waals surface area contributed by atoms with Crippen LogP contribution >= 0.6 is 0 Å². The van der Waals surface area contributed by atoms with E-state index in [2.05, 4.69) is 31.4 Å². The molecule has 116 valence electrons. The molecule has 1 aliphatic heterocycles. The van der Waals surface area contributed by atoms with Crippen LogP contribution in [0, 0.1) is 17.3 Å². The monoisotopic (exact) mass is 280 g/mol. The Labute approximate surface area is 124 Å². The van der Waals surface area contributed by atoms with Gasteiger partial charge in [-0.2, -0.15) is 0 Å². The third kappa shape index (κ3) is 3.97. The molecule has 1 amide bonds. The van der Waals surface area contributed by atoms with E-state index in [-0.39, 0.29) is 11.3 Å². The number of nitrogens with one attached hydrogen (secondary N) is 2. The first-order valence-electron chi connectivity index (χ1n) is 8.52. The number of amides is 1. The Balaban J connectivity index is 1.89. The minimum atomic E-state index is -0.245. The van der Waals surface area contributed by atoms with E-state index >= 15 is 0 Å². The fraction of sp³-hybridized carbons (Fsp3) is 0.941. The van der Waals surface area contributed by atoms with Gasteiger partial charge in [0.15, 0.2) is 0 Å². The molecule has 3 nitrogen and oxygen atoms in total. The average molecular weight is 280 g/mol. The molecule has 2 rings (SSSR count). The van der Waals surface area contributed by atoms with Gasteiger partial charge in [-0.15, -0.1) is 0 Å². The van der Waals surface area contributed by atoms with Crippen molar-refractivity contribution in [1.82, 2.24) is 10.6 Å². The van der Waals surface area contributed by atoms with Crippen molar-refractivity contribution < 1.29 is 4.79 Å². The quantitative estimate of drug-likeness (QED) is 0.780. The molecule has 0 aromatic heterocycles. The highest BCUT2D eigenvalue weighted by molar-refractivity contribution is 5.82. The molecule has 2 N–H and O–H groups in total. The molecule has 3 atom stereocenters. The van der Waals surface area contributed by atoms with Crippen molar-refractivity contribution in [3.05, 3.63) is 0 Å². The summed E-state index contributed by atoms with van der Waals surface area (Å²) in [7, 11) is 0. The molecule has 0 spiro atoms. The summed E-state index contributed by atoms with van der Waals surface area (Å²) in [4.78, 5) is 12.7. The lowest BCUT2D eigenvalue weighted by atomic mass is 9.74. The smallest absolute Gasteiger partial charge is 0.226 e. The largest absolute Gasteiger partial charge is 0.353 e. The van der Waals surface area contributed by atoms with Crippen molar-refractivity contribution >= 4 is 5.91 Å². The highest BCUT2D eigenvalue weighted by Crippen LogP contribution is 2.32. The molecule has 1 aliphatic carbocycles. The normalized spacial score (nSPS) is 32.5. The lowest BCUT2D eigenvalue weighted by Gasteiger charge is -2.37. The molecule has 0 radical (unpaired) electrons. The molecule has 2 fully saturated rings. The Kier molecular flexibility index (Phi) is 5.48. The van der Waals surface area contributed by atoms with Crippen molar-refractivity contribution in [2.75, 3.05) is 13.1 Å². The maximum absolute atomic E-state index is 12.7. The summed E-state index contributed by atoms with van der Waals surface area (Å²) in [5.74, 6) is 1.57. The maximum atomic E-state index is 12.7. The standard InChI is InChI=1S/C17H32N2O/c1-13-6-4-8-15(10-9-13)19-16(20)17(2,3)14-7-5-11-18-12-14/h13-15,18H,4-12H2,1-3H3,(H,19,20). The van der Waals surface area contributed by atoms with Crippen molar-refractivity contribution in [2.24, 2.45) is 17.3 Å². The van der Waals surface area contributed by atoms with Gasteiger partial charge in [0, 0.05) is 11.5 Å². The molecule has 0 aromatic carbocycles. The summed E-state index contributed by atoms with van der Waals surface area (Å²) in [5.41, 5.74) is -0.245. The fourth-order valence-corrected chi connectivity index (χ4v) is 3.66. The third-order valence-electron chi connectivity index (χ3n) is 5.50. The minimum Gasteiger partial charge on any atom is -0.353 e. The molecule has 3 heteroatoms. The summed E-state index contributed by atoms with van der Waals surface area (Å²) in [5, 5.41) is 6.79. The van der Waals surface area contributed by atoms with Crippen LogP contribution in [0.4, 0.5) is 0 Å². The Morgan fingerprint density at radius 2 is 1.90 bits per heavy atom. The number of carbonyl (C=O) groups excluding carboxylic acids is 1. The Morgan fingerprint density at radius 3 is 2.60 bits per heavy atom. The van der Waals surface area contributed by atoms with Crippen molar-refractivity contribution in [3.8, 4) is 0 Å². The van der Waals surface area contributed by atoms with Gasteiger partial charge in [0.2, 0.25) is 5.91 Å². The molecule has 0 bridgehead atoms. The second kappa shape index (κ2) is 6.93. The average Bonchev–Trinajstić information content (AvgIpc) is 2.64. The molecule has 20 heavy (non-hydrogen) atoms. The van der Waals surface area contributed by atoms with Crippen LogP contribution < -0.4 is 10.6 Å². The second-order valence-corrected chi connectivity index (χ2v) is 7.55. The lowest BCUT2D eigenvalue weighted by Crippen LogP contribution is -2.49. The number of rotatable bonds is 3. The van der Waals surface area contributed by atoms with Crippen LogP contribution in [0.5, 0.6) is 0 Å². The van der Waals surface area contributed by atoms with Crippen LogP contribution in [0.3, 0.4) is 0 Å². The molecular formula is C17H32N2O. The highest BCUT2D eigenvalue weighted by Gasteiger charge is 2.38. The van der Waals surface area contributed by atoms with E-state index in [9.17, 15) is 4.79 Å². The van der Waals surface area contributed by atoms with Crippen molar-refractivity contribution in [1.29, 1.82) is 0 Å². The van der Waals surface area contributed by atoms with Gasteiger partial charge in [-0.1, -0.05) is 33.6 Å². The van der Waals surface area contributed by atoms with Crippen LogP contribution in [-0.2, 0) is 4.79 Å². The van der Waals surface area contributed by atoms with Gasteiger partial charge in [-0.25, -0.2) is 0 Å². The summed E-state index contributed by atoms with van der Waals surface area (Å²) >= 11 is 0. The van der Waals surface area contributed by atoms with Gasteiger partial charge >= 0.3 is 0 Å². The lowest BCUT2D eigenvalue weighted by molar-refractivity contribution is -0.133. The molecular weight excluding hydrogens is 248 g/mol. The van der Waals surface area contributed by atoms with Crippen molar-refractivity contribution in [3.63, 3.8) is 0 Å². The highest BCUT2D eigenvalue weighted by atomic mass is 16.2. The van der Waals surface area contributed by atoms with E-state index in [1.165, 1.54) is 32.1 Å². The van der Waals surface area contributed by atoms with E-state index in [0.717, 1.165) is 31.8 Å². The Bertz CT molecular complexity index is 321. The predicted octanol–water partition coefficient (Wildman–Crippen LogP) is 3.10. The molecule has 1 heterocycles. The van der Waals surface area contributed by atoms with Gasteiger partial charge < -0.3 is 10.6 Å². The molecule has 3 unspecified atom stereocenters. The van der Waals surface area contributed by atoms with E-state index < -0.39 is 0 Å². The number of piperidine rings is 1. The molecule has 2 aliphatic rings. The van der Waals surface area contributed by atoms with E-state index in [1.807, 2.05) is 0 Å². The zero-order chi connectivity index (χ0) is 14.6. The van der Waals surface area contributed by atoms with Gasteiger partial charge in [0.25, 0.3) is 0 Å². The summed E-state index contributed by atoms with van der Waals surface area (Å²) in [6, 6.07) is 0.406. The Hall–Kier alpha value is -0.570. The van der Waals surface area contributed by atoms with Crippen molar-refractivity contribution in [2.45, 2.75) is 71.8 Å². The maximum Gasteiger partial charge on any atom is 0.226 e. The topological polar surface area (TPSA) is 41.1 Å². The summed E-state index contributed by atoms with van der Waals surface area (Å²) in [6.07, 6.45) is 8.54. The predicted molar refractivity (Wildman–Crippen MR) is 83.6 cm³/mol. The third-order valence-corrected chi connectivity index (χ3v) is 5.50. The fourth-order valence-electron chi connectivity index (χ4n) is 3.66. The van der Waals surface area contributed by atoms with E-state index in [0.29, 0.717) is 12.0 Å². The van der Waals surface area contributed by atoms with Gasteiger partial charge in [0.1, 0.15) is 0 Å². The second-order valence-electron chi connectivity index (χ2n) is 7.55. The Morgan fingerprint density at radius 1 is 1.10 bits per heavy atom. The SMILES string of the molecule is CC1CCCC(NC(=O)C(C)(C)C2CCCNC2)CC1. The number of hydrogen-bond donors (Lipinski definition) is 2. The zero-order valence-electron chi connectivity index (χ0n) is 13.5. The number of hydrogen-bond acceptors (Lipinski definition) is 2. The first kappa shape index (κ1) is 15.8. The van der Waals surface area contributed by atoms with E-state index in [1.54, 1.807) is 0 Å². The molecule has 1 saturated heterocycles. The molecule has 1 saturated carbocycles. The summed E-state index contributed by atoms with van der Waals surface area (Å²) < 4.78 is 0. The van der Waals surface area contributed by atoms with Crippen LogP contribution in [0.1, 0.15) is 65.7 Å². The van der Waals surface area contributed by atoms with Gasteiger partial charge in [0.05, 0.1) is 0 Å². The minimum absolute atomic E-state index is 0.245. The van der Waals surface area contributed by atoms with Gasteiger partial charge in [-0.3, -0.25) is 4.79 Å². The first-order valence-corrected chi connectivity index (χ1v) is 8.52. The number of carbonyl (C=O) groups is 1. The van der Waals surface area contributed by atoms with E-state index in [4.69, 9.17) is 0 Å². The van der Waals surface area contributed by atoms with Crippen LogP contribution in [0.15, 0.2) is 0 Å². The first-order chi connectivity index (χ1) is 9.50. The van der Waals surface area contributed by atoms with Crippen LogP contribution in [0.25, 0.3) is 0 Å². The molecule has 0 aromatic rings. The van der Waals surface area contributed by atoms with Gasteiger partial charge in [-0.05, 0) is 57.0 Å². The zero-order valence-corrected chi connectivity index (χ0v) is 13.5. The summed E-state index contributed by atoms with van der Waals surface area (Å²) in [6.45, 7) is 8.68.